The van der Waals surface area contributed by atoms with E-state index in [2.05, 4.69) is 10.3 Å². The number of aryl methyl sites for hydroxylation is 1. The summed E-state index contributed by atoms with van der Waals surface area (Å²) >= 11 is 5.96. The predicted molar refractivity (Wildman–Crippen MR) is 74.7 cm³/mol. The first-order chi connectivity index (χ1) is 8.60. The topological polar surface area (TPSA) is 60.2 Å². The molecule has 18 heavy (non-hydrogen) atoms. The maximum atomic E-state index is 5.96. The third-order valence-corrected chi connectivity index (χ3v) is 2.72. The van der Waals surface area contributed by atoms with Gasteiger partial charge >= 0.3 is 0 Å². The SMILES string of the molecule is COc1ccc(Cl)cc1Nc1nc(C)ccc1N. The van der Waals surface area contributed by atoms with Crippen molar-refractivity contribution in [3.8, 4) is 5.75 Å². The van der Waals surface area contributed by atoms with Crippen LogP contribution >= 0.6 is 11.6 Å². The number of hydrogen-bond acceptors (Lipinski definition) is 4. The van der Waals surface area contributed by atoms with Crippen LogP contribution in [-0.2, 0) is 0 Å². The summed E-state index contributed by atoms with van der Waals surface area (Å²) < 4.78 is 5.25. The highest BCUT2D eigenvalue weighted by atomic mass is 35.5. The molecule has 1 aromatic carbocycles. The van der Waals surface area contributed by atoms with E-state index in [1.165, 1.54) is 0 Å². The van der Waals surface area contributed by atoms with Crippen LogP contribution in [0.3, 0.4) is 0 Å². The Hall–Kier alpha value is -1.94. The molecule has 94 valence electrons. The smallest absolute Gasteiger partial charge is 0.153 e. The number of nitrogens with zero attached hydrogens (tertiary/aromatic N) is 1. The predicted octanol–water partition coefficient (Wildman–Crippen LogP) is 3.38. The van der Waals surface area contributed by atoms with Crippen LogP contribution in [0.4, 0.5) is 17.2 Å². The van der Waals surface area contributed by atoms with E-state index in [9.17, 15) is 0 Å². The van der Waals surface area contributed by atoms with Gasteiger partial charge in [-0.2, -0.15) is 0 Å². The highest BCUT2D eigenvalue weighted by molar-refractivity contribution is 6.31. The van der Waals surface area contributed by atoms with Crippen molar-refractivity contribution in [1.29, 1.82) is 0 Å². The lowest BCUT2D eigenvalue weighted by Gasteiger charge is -2.12. The quantitative estimate of drug-likeness (QED) is 0.891. The van der Waals surface area contributed by atoms with Crippen molar-refractivity contribution in [2.45, 2.75) is 6.92 Å². The Labute approximate surface area is 111 Å². The average molecular weight is 264 g/mol. The molecule has 2 aromatic rings. The molecular weight excluding hydrogens is 250 g/mol. The molecule has 2 rings (SSSR count). The van der Waals surface area contributed by atoms with Crippen LogP contribution in [0.15, 0.2) is 30.3 Å². The molecule has 0 radical (unpaired) electrons. The van der Waals surface area contributed by atoms with Crippen molar-refractivity contribution in [2.24, 2.45) is 0 Å². The molecule has 0 atom stereocenters. The molecule has 1 heterocycles. The van der Waals surface area contributed by atoms with Crippen LogP contribution in [0.2, 0.25) is 5.02 Å². The van der Waals surface area contributed by atoms with Crippen molar-refractivity contribution in [3.63, 3.8) is 0 Å². The van der Waals surface area contributed by atoms with E-state index in [4.69, 9.17) is 22.1 Å². The number of aromatic nitrogens is 1. The van der Waals surface area contributed by atoms with E-state index in [0.717, 1.165) is 11.4 Å². The molecule has 5 heteroatoms. The van der Waals surface area contributed by atoms with Crippen LogP contribution in [0, 0.1) is 6.92 Å². The fourth-order valence-electron chi connectivity index (χ4n) is 1.57. The standard InChI is InChI=1S/C13H14ClN3O/c1-8-3-5-10(15)13(16-8)17-11-7-9(14)4-6-12(11)18-2/h3-7H,15H2,1-2H3,(H,16,17). The van der Waals surface area contributed by atoms with Gasteiger partial charge in [0.05, 0.1) is 18.5 Å². The summed E-state index contributed by atoms with van der Waals surface area (Å²) in [6, 6.07) is 8.98. The lowest BCUT2D eigenvalue weighted by molar-refractivity contribution is 0.417. The Morgan fingerprint density at radius 2 is 2.06 bits per heavy atom. The molecule has 0 bridgehead atoms. The molecule has 4 nitrogen and oxygen atoms in total. The Balaban J connectivity index is 2.38. The third kappa shape index (κ3) is 2.65. The van der Waals surface area contributed by atoms with Crippen molar-refractivity contribution in [1.82, 2.24) is 4.98 Å². The zero-order valence-corrected chi connectivity index (χ0v) is 11.0. The Bertz CT molecular complexity index is 572. The number of anilines is 3. The van der Waals surface area contributed by atoms with Crippen LogP contribution in [0.1, 0.15) is 5.69 Å². The number of hydrogen-bond donors (Lipinski definition) is 2. The van der Waals surface area contributed by atoms with Crippen molar-refractivity contribution in [3.05, 3.63) is 41.0 Å². The minimum absolute atomic E-state index is 0.572. The van der Waals surface area contributed by atoms with E-state index < -0.39 is 0 Å². The summed E-state index contributed by atoms with van der Waals surface area (Å²) in [5.74, 6) is 1.28. The maximum absolute atomic E-state index is 5.96. The minimum Gasteiger partial charge on any atom is -0.495 e. The first kappa shape index (κ1) is 12.5. The highest BCUT2D eigenvalue weighted by Gasteiger charge is 2.07. The number of nitrogens with one attached hydrogen (secondary N) is 1. The minimum atomic E-state index is 0.572. The number of methoxy groups -OCH3 is 1. The monoisotopic (exact) mass is 263 g/mol. The van der Waals surface area contributed by atoms with Gasteiger partial charge in [0.2, 0.25) is 0 Å². The number of pyridine rings is 1. The zero-order chi connectivity index (χ0) is 13.1. The molecule has 3 N–H and O–H groups in total. The molecule has 0 unspecified atom stereocenters. The molecule has 0 fully saturated rings. The maximum Gasteiger partial charge on any atom is 0.153 e. The molecule has 0 spiro atoms. The normalized spacial score (nSPS) is 10.2. The van der Waals surface area contributed by atoms with Gasteiger partial charge in [-0.05, 0) is 37.3 Å². The van der Waals surface area contributed by atoms with Gasteiger partial charge in [0, 0.05) is 10.7 Å². The van der Waals surface area contributed by atoms with Gasteiger partial charge in [0.1, 0.15) is 5.75 Å². The second kappa shape index (κ2) is 5.14. The largest absolute Gasteiger partial charge is 0.495 e. The Kier molecular flexibility index (Phi) is 3.58. The Morgan fingerprint density at radius 1 is 1.28 bits per heavy atom. The van der Waals surface area contributed by atoms with Gasteiger partial charge < -0.3 is 15.8 Å². The summed E-state index contributed by atoms with van der Waals surface area (Å²) in [5, 5.41) is 3.74. The molecular formula is C13H14ClN3O. The second-order valence-electron chi connectivity index (χ2n) is 3.86. The van der Waals surface area contributed by atoms with Gasteiger partial charge in [-0.3, -0.25) is 0 Å². The van der Waals surface area contributed by atoms with Crippen molar-refractivity contribution in [2.75, 3.05) is 18.2 Å². The van der Waals surface area contributed by atoms with Gasteiger partial charge in [0.15, 0.2) is 5.82 Å². The molecule has 0 aliphatic rings. The van der Waals surface area contributed by atoms with Crippen LogP contribution in [0.25, 0.3) is 0 Å². The molecule has 0 amide bonds. The van der Waals surface area contributed by atoms with Gasteiger partial charge in [0.25, 0.3) is 0 Å². The summed E-state index contributed by atoms with van der Waals surface area (Å²) in [5.41, 5.74) is 8.05. The van der Waals surface area contributed by atoms with Crippen LogP contribution in [-0.4, -0.2) is 12.1 Å². The number of benzene rings is 1. The number of nitrogen functional groups attached to an aromatic ring is 1. The fourth-order valence-corrected chi connectivity index (χ4v) is 1.75. The number of halogens is 1. The summed E-state index contributed by atoms with van der Waals surface area (Å²) in [4.78, 5) is 4.34. The lowest BCUT2D eigenvalue weighted by atomic mass is 10.2. The number of ether oxygens (including phenoxy) is 1. The van der Waals surface area contributed by atoms with Crippen LogP contribution in [0.5, 0.6) is 5.75 Å². The molecule has 1 aromatic heterocycles. The van der Waals surface area contributed by atoms with E-state index in [-0.39, 0.29) is 0 Å². The second-order valence-corrected chi connectivity index (χ2v) is 4.30. The van der Waals surface area contributed by atoms with E-state index in [0.29, 0.717) is 22.3 Å². The van der Waals surface area contributed by atoms with Crippen LogP contribution < -0.4 is 15.8 Å². The Morgan fingerprint density at radius 3 is 2.78 bits per heavy atom. The number of rotatable bonds is 3. The van der Waals surface area contributed by atoms with Gasteiger partial charge in [-0.1, -0.05) is 11.6 Å². The van der Waals surface area contributed by atoms with Gasteiger partial charge in [-0.25, -0.2) is 4.98 Å². The summed E-state index contributed by atoms with van der Waals surface area (Å²) in [6.45, 7) is 1.90. The molecule has 0 saturated carbocycles. The van der Waals surface area contributed by atoms with E-state index >= 15 is 0 Å². The summed E-state index contributed by atoms with van der Waals surface area (Å²) in [6.07, 6.45) is 0. The highest BCUT2D eigenvalue weighted by Crippen LogP contribution is 2.31. The zero-order valence-electron chi connectivity index (χ0n) is 10.2. The van der Waals surface area contributed by atoms with Crippen molar-refractivity contribution >= 4 is 28.8 Å². The molecule has 0 saturated heterocycles. The fraction of sp³-hybridized carbons (Fsp3) is 0.154. The summed E-state index contributed by atoms with van der Waals surface area (Å²) in [7, 11) is 1.60. The first-order valence-electron chi connectivity index (χ1n) is 5.44. The third-order valence-electron chi connectivity index (χ3n) is 2.48. The number of nitrogens with two attached hydrogens (primary N) is 1. The van der Waals surface area contributed by atoms with E-state index in [1.807, 2.05) is 19.1 Å². The molecule has 0 aliphatic heterocycles. The van der Waals surface area contributed by atoms with Crippen molar-refractivity contribution < 1.29 is 4.74 Å². The molecule has 0 aliphatic carbocycles. The van der Waals surface area contributed by atoms with Gasteiger partial charge in [-0.15, -0.1) is 0 Å². The van der Waals surface area contributed by atoms with E-state index in [1.54, 1.807) is 25.3 Å². The first-order valence-corrected chi connectivity index (χ1v) is 5.81. The average Bonchev–Trinajstić information content (AvgIpc) is 2.34. The lowest BCUT2D eigenvalue weighted by Crippen LogP contribution is -2.01.